The molecule has 0 aliphatic heterocycles. The summed E-state index contributed by atoms with van der Waals surface area (Å²) >= 11 is 0. The Morgan fingerprint density at radius 3 is 2.89 bits per heavy atom. The molecule has 0 saturated heterocycles. The molecule has 5 heteroatoms. The highest BCUT2D eigenvalue weighted by Crippen LogP contribution is 2.34. The van der Waals surface area contributed by atoms with Gasteiger partial charge in [-0.3, -0.25) is 0 Å². The molecule has 1 atom stereocenters. The van der Waals surface area contributed by atoms with Crippen molar-refractivity contribution in [2.75, 3.05) is 20.3 Å². The molecule has 2 N–H and O–H groups in total. The number of esters is 1. The number of carbonyl (C=O) groups is 1. The Labute approximate surface area is 112 Å². The molecule has 0 saturated carbocycles. The molecule has 2 rings (SSSR count). The second-order valence-corrected chi connectivity index (χ2v) is 4.53. The summed E-state index contributed by atoms with van der Waals surface area (Å²) in [4.78, 5) is 11.3. The van der Waals surface area contributed by atoms with Gasteiger partial charge in [0.25, 0.3) is 0 Å². The highest BCUT2D eigenvalue weighted by molar-refractivity contribution is 5.71. The number of fused-ring (bicyclic) bond motifs is 1. The van der Waals surface area contributed by atoms with Gasteiger partial charge in [0.2, 0.25) is 0 Å². The van der Waals surface area contributed by atoms with Crippen molar-refractivity contribution in [3.05, 3.63) is 23.3 Å². The van der Waals surface area contributed by atoms with Crippen molar-refractivity contribution in [2.24, 2.45) is 5.73 Å². The van der Waals surface area contributed by atoms with Crippen LogP contribution < -0.4 is 15.2 Å². The molecule has 104 valence electrons. The Morgan fingerprint density at radius 2 is 2.21 bits per heavy atom. The molecule has 19 heavy (non-hydrogen) atoms. The summed E-state index contributed by atoms with van der Waals surface area (Å²) < 4.78 is 15.6. The summed E-state index contributed by atoms with van der Waals surface area (Å²) in [5.41, 5.74) is 8.16. The highest BCUT2D eigenvalue weighted by atomic mass is 16.6. The zero-order valence-electron chi connectivity index (χ0n) is 11.3. The molecule has 0 aromatic heterocycles. The van der Waals surface area contributed by atoms with Gasteiger partial charge >= 0.3 is 5.97 Å². The Kier molecular flexibility index (Phi) is 4.27. The molecule has 0 amide bonds. The van der Waals surface area contributed by atoms with Crippen molar-refractivity contribution in [2.45, 2.75) is 25.8 Å². The normalized spacial score (nSPS) is 16.9. The van der Waals surface area contributed by atoms with Gasteiger partial charge in [-0.25, -0.2) is 4.79 Å². The molecule has 0 radical (unpaired) electrons. The van der Waals surface area contributed by atoms with Gasteiger partial charge in [-0.15, -0.1) is 0 Å². The van der Waals surface area contributed by atoms with Crippen LogP contribution in [0.3, 0.4) is 0 Å². The van der Waals surface area contributed by atoms with Crippen molar-refractivity contribution in [1.82, 2.24) is 0 Å². The topological polar surface area (TPSA) is 70.8 Å². The summed E-state index contributed by atoms with van der Waals surface area (Å²) in [6.07, 6.45) is 1.57. The zero-order chi connectivity index (χ0) is 13.8. The third-order valence-electron chi connectivity index (χ3n) is 3.11. The first-order chi connectivity index (χ1) is 9.13. The van der Waals surface area contributed by atoms with Crippen molar-refractivity contribution in [1.29, 1.82) is 0 Å². The van der Waals surface area contributed by atoms with E-state index in [1.54, 1.807) is 20.1 Å². The SMILES string of the molecule is CCOC(=O)COc1cc(OC)cc2c1CC(N)C2. The maximum atomic E-state index is 11.3. The van der Waals surface area contributed by atoms with Crippen LogP contribution >= 0.6 is 0 Å². The molecule has 1 unspecified atom stereocenters. The van der Waals surface area contributed by atoms with Gasteiger partial charge in [-0.1, -0.05) is 0 Å². The molecule has 0 bridgehead atoms. The van der Waals surface area contributed by atoms with Crippen LogP contribution in [0.4, 0.5) is 0 Å². The van der Waals surface area contributed by atoms with Crippen molar-refractivity contribution < 1.29 is 19.0 Å². The molecular weight excluding hydrogens is 246 g/mol. The summed E-state index contributed by atoms with van der Waals surface area (Å²) in [7, 11) is 1.60. The highest BCUT2D eigenvalue weighted by Gasteiger charge is 2.23. The second kappa shape index (κ2) is 5.93. The number of methoxy groups -OCH3 is 1. The van der Waals surface area contributed by atoms with Crippen LogP contribution in [0.1, 0.15) is 18.1 Å². The largest absolute Gasteiger partial charge is 0.497 e. The Hall–Kier alpha value is -1.75. The zero-order valence-corrected chi connectivity index (χ0v) is 11.3. The van der Waals surface area contributed by atoms with E-state index in [1.807, 2.05) is 6.07 Å². The van der Waals surface area contributed by atoms with Crippen LogP contribution in [0.15, 0.2) is 12.1 Å². The van der Waals surface area contributed by atoms with Gasteiger partial charge in [0.05, 0.1) is 13.7 Å². The summed E-state index contributed by atoms with van der Waals surface area (Å²) in [5.74, 6) is 1.00. The van der Waals surface area contributed by atoms with Gasteiger partial charge in [0.1, 0.15) is 11.5 Å². The molecule has 0 heterocycles. The number of hydrogen-bond acceptors (Lipinski definition) is 5. The lowest BCUT2D eigenvalue weighted by atomic mass is 10.1. The second-order valence-electron chi connectivity index (χ2n) is 4.53. The van der Waals surface area contributed by atoms with Crippen molar-refractivity contribution in [3.8, 4) is 11.5 Å². The van der Waals surface area contributed by atoms with Crippen LogP contribution in [0.2, 0.25) is 0 Å². The molecule has 1 aromatic carbocycles. The maximum Gasteiger partial charge on any atom is 0.344 e. The minimum Gasteiger partial charge on any atom is -0.497 e. The molecule has 0 spiro atoms. The number of carbonyl (C=O) groups excluding carboxylic acids is 1. The standard InChI is InChI=1S/C14H19NO4/c1-3-18-14(16)8-19-13-7-11(17-2)5-9-4-10(15)6-12(9)13/h5,7,10H,3-4,6,8,15H2,1-2H3. The van der Waals surface area contributed by atoms with Crippen LogP contribution in [0.5, 0.6) is 11.5 Å². The number of ether oxygens (including phenoxy) is 3. The van der Waals surface area contributed by atoms with E-state index in [4.69, 9.17) is 19.9 Å². The maximum absolute atomic E-state index is 11.3. The fraction of sp³-hybridized carbons (Fsp3) is 0.500. The van der Waals surface area contributed by atoms with Gasteiger partial charge in [-0.05, 0) is 37.0 Å². The Morgan fingerprint density at radius 1 is 1.42 bits per heavy atom. The molecule has 0 fully saturated rings. The van der Waals surface area contributed by atoms with E-state index in [0.717, 1.165) is 24.0 Å². The Bertz CT molecular complexity index is 473. The predicted molar refractivity (Wildman–Crippen MR) is 70.5 cm³/mol. The van der Waals surface area contributed by atoms with E-state index in [2.05, 4.69) is 0 Å². The van der Waals surface area contributed by atoms with Crippen LogP contribution in [-0.4, -0.2) is 32.3 Å². The van der Waals surface area contributed by atoms with Gasteiger partial charge < -0.3 is 19.9 Å². The average molecular weight is 265 g/mol. The fourth-order valence-electron chi connectivity index (χ4n) is 2.29. The quantitative estimate of drug-likeness (QED) is 0.806. The van der Waals surface area contributed by atoms with E-state index < -0.39 is 0 Å². The summed E-state index contributed by atoms with van der Waals surface area (Å²) in [5, 5.41) is 0. The van der Waals surface area contributed by atoms with Gasteiger partial charge in [-0.2, -0.15) is 0 Å². The van der Waals surface area contributed by atoms with E-state index >= 15 is 0 Å². The lowest BCUT2D eigenvalue weighted by Gasteiger charge is -2.12. The molecular formula is C14H19NO4. The van der Waals surface area contributed by atoms with Crippen LogP contribution in [0.25, 0.3) is 0 Å². The minimum atomic E-state index is -0.374. The minimum absolute atomic E-state index is 0.0946. The lowest BCUT2D eigenvalue weighted by Crippen LogP contribution is -2.19. The van der Waals surface area contributed by atoms with Crippen LogP contribution in [0, 0.1) is 0 Å². The smallest absolute Gasteiger partial charge is 0.344 e. The number of rotatable bonds is 5. The third-order valence-corrected chi connectivity index (χ3v) is 3.11. The first-order valence-corrected chi connectivity index (χ1v) is 6.37. The molecule has 1 aliphatic carbocycles. The fourth-order valence-corrected chi connectivity index (χ4v) is 2.29. The first-order valence-electron chi connectivity index (χ1n) is 6.37. The molecule has 1 aromatic rings. The molecule has 1 aliphatic rings. The van der Waals surface area contributed by atoms with Crippen LogP contribution in [-0.2, 0) is 22.4 Å². The number of benzene rings is 1. The predicted octanol–water partition coefficient (Wildman–Crippen LogP) is 1.06. The summed E-state index contributed by atoms with van der Waals surface area (Å²) in [6, 6.07) is 3.86. The monoisotopic (exact) mass is 265 g/mol. The third kappa shape index (κ3) is 3.17. The lowest BCUT2D eigenvalue weighted by molar-refractivity contribution is -0.145. The number of nitrogens with two attached hydrogens (primary N) is 1. The molecule has 5 nitrogen and oxygen atoms in total. The average Bonchev–Trinajstić information content (AvgIpc) is 2.76. The first kappa shape index (κ1) is 13.7. The van der Waals surface area contributed by atoms with Crippen molar-refractivity contribution >= 4 is 5.97 Å². The van der Waals surface area contributed by atoms with E-state index in [9.17, 15) is 4.79 Å². The summed E-state index contributed by atoms with van der Waals surface area (Å²) in [6.45, 7) is 2.02. The Balaban J connectivity index is 2.15. The van der Waals surface area contributed by atoms with E-state index in [-0.39, 0.29) is 18.6 Å². The van der Waals surface area contributed by atoms with Crippen molar-refractivity contribution in [3.63, 3.8) is 0 Å². The van der Waals surface area contributed by atoms with E-state index in [0.29, 0.717) is 18.1 Å². The van der Waals surface area contributed by atoms with Gasteiger partial charge in [0, 0.05) is 12.1 Å². The van der Waals surface area contributed by atoms with Gasteiger partial charge in [0.15, 0.2) is 6.61 Å². The number of hydrogen-bond donors (Lipinski definition) is 1. The van der Waals surface area contributed by atoms with E-state index in [1.165, 1.54) is 0 Å².